The van der Waals surface area contributed by atoms with E-state index in [1.54, 1.807) is 12.5 Å². The average Bonchev–Trinajstić information content (AvgIpc) is 3.20. The van der Waals surface area contributed by atoms with Crippen LogP contribution in [0.4, 0.5) is 0 Å². The first-order valence-electron chi connectivity index (χ1n) is 9.50. The molecule has 1 aliphatic heterocycles. The third kappa shape index (κ3) is 2.08. The summed E-state index contributed by atoms with van der Waals surface area (Å²) in [6.07, 6.45) is 8.37. The number of ketones is 1. The minimum absolute atomic E-state index is 0.0356. The number of phenols is 2. The second-order valence-corrected chi connectivity index (χ2v) is 8.09. The SMILES string of the molecule is COC1=CC2[C@@H]3[C@H](n4ccnc4)c4ccc(O)c(O)c4[C@]2(CCN3C)CC1=O. The molecule has 2 heterocycles. The van der Waals surface area contributed by atoms with E-state index in [4.69, 9.17) is 4.74 Å². The molecule has 1 saturated heterocycles. The van der Waals surface area contributed by atoms with Crippen molar-refractivity contribution < 1.29 is 19.7 Å². The Labute approximate surface area is 162 Å². The molecule has 146 valence electrons. The van der Waals surface area contributed by atoms with Gasteiger partial charge in [-0.3, -0.25) is 4.79 Å². The number of phenolic OH excluding ortho intramolecular Hbond substituents is 2. The smallest absolute Gasteiger partial charge is 0.197 e. The number of likely N-dealkylation sites (N-methyl/N-ethyl adjacent to an activating group) is 1. The van der Waals surface area contributed by atoms with Crippen LogP contribution in [0.5, 0.6) is 11.5 Å². The van der Waals surface area contributed by atoms with Crippen LogP contribution >= 0.6 is 0 Å². The number of methoxy groups -OCH3 is 1. The summed E-state index contributed by atoms with van der Waals surface area (Å²) in [5, 5.41) is 21.2. The average molecular weight is 381 g/mol. The molecule has 3 aliphatic rings. The monoisotopic (exact) mass is 381 g/mol. The number of imidazole rings is 1. The van der Waals surface area contributed by atoms with Gasteiger partial charge < -0.3 is 24.4 Å². The maximum Gasteiger partial charge on any atom is 0.197 e. The maximum absolute atomic E-state index is 12.8. The number of nitrogens with zero attached hydrogens (tertiary/aromatic N) is 3. The summed E-state index contributed by atoms with van der Waals surface area (Å²) in [6, 6.07) is 3.37. The molecule has 28 heavy (non-hydrogen) atoms. The van der Waals surface area contributed by atoms with E-state index >= 15 is 0 Å². The van der Waals surface area contributed by atoms with Gasteiger partial charge in [0.1, 0.15) is 0 Å². The second kappa shape index (κ2) is 5.85. The van der Waals surface area contributed by atoms with E-state index in [1.807, 2.05) is 22.9 Å². The number of piperidine rings is 1. The third-order valence-electron chi connectivity index (χ3n) is 6.90. The van der Waals surface area contributed by atoms with Gasteiger partial charge in [0.15, 0.2) is 23.0 Å². The van der Waals surface area contributed by atoms with Crippen LogP contribution in [0.1, 0.15) is 30.0 Å². The quantitative estimate of drug-likeness (QED) is 0.774. The number of rotatable bonds is 2. The van der Waals surface area contributed by atoms with Crippen LogP contribution in [-0.4, -0.2) is 57.2 Å². The van der Waals surface area contributed by atoms with Crippen molar-refractivity contribution in [2.75, 3.05) is 20.7 Å². The Morgan fingerprint density at radius 1 is 1.32 bits per heavy atom. The highest BCUT2D eigenvalue weighted by atomic mass is 16.5. The molecule has 0 amide bonds. The molecule has 0 spiro atoms. The molecule has 1 aromatic carbocycles. The van der Waals surface area contributed by atoms with Gasteiger partial charge in [0.05, 0.1) is 19.5 Å². The standard InChI is InChI=1S/C21H23N3O4/c1-23-7-5-21-10-15(26)16(28-2)9-13(21)19(23)18(24-8-6-22-11-24)12-3-4-14(25)20(27)17(12)21/h3-4,6,8-9,11,13,18-19,25,27H,5,7,10H2,1-2H3/t13?,18-,19-,21-/m1/s1. The number of hydrogen-bond donors (Lipinski definition) is 2. The van der Waals surface area contributed by atoms with E-state index in [0.717, 1.165) is 18.5 Å². The molecule has 5 rings (SSSR count). The molecule has 1 unspecified atom stereocenters. The zero-order valence-electron chi connectivity index (χ0n) is 15.9. The number of carbonyl (C=O) groups is 1. The first-order chi connectivity index (χ1) is 13.5. The summed E-state index contributed by atoms with van der Waals surface area (Å²) in [7, 11) is 3.62. The van der Waals surface area contributed by atoms with Crippen molar-refractivity contribution in [3.05, 3.63) is 53.8 Å². The minimum Gasteiger partial charge on any atom is -0.504 e. The Morgan fingerprint density at radius 2 is 2.14 bits per heavy atom. The third-order valence-corrected chi connectivity index (χ3v) is 6.90. The van der Waals surface area contributed by atoms with Crippen LogP contribution in [0, 0.1) is 5.92 Å². The van der Waals surface area contributed by atoms with Crippen molar-refractivity contribution in [3.63, 3.8) is 0 Å². The summed E-state index contributed by atoms with van der Waals surface area (Å²) >= 11 is 0. The van der Waals surface area contributed by atoms with Gasteiger partial charge in [-0.2, -0.15) is 0 Å². The first kappa shape index (κ1) is 17.3. The highest BCUT2D eigenvalue weighted by molar-refractivity contribution is 5.96. The van der Waals surface area contributed by atoms with E-state index in [1.165, 1.54) is 13.2 Å². The predicted octanol–water partition coefficient (Wildman–Crippen LogP) is 1.96. The minimum atomic E-state index is -0.550. The van der Waals surface area contributed by atoms with Crippen LogP contribution in [0.25, 0.3) is 0 Å². The second-order valence-electron chi connectivity index (χ2n) is 8.09. The molecule has 1 fully saturated rings. The van der Waals surface area contributed by atoms with E-state index in [2.05, 4.69) is 16.9 Å². The largest absolute Gasteiger partial charge is 0.504 e. The van der Waals surface area contributed by atoms with Crippen LogP contribution in [-0.2, 0) is 14.9 Å². The number of carbonyl (C=O) groups excluding carboxylic acids is 1. The Morgan fingerprint density at radius 3 is 2.86 bits per heavy atom. The van der Waals surface area contributed by atoms with Gasteiger partial charge in [0.2, 0.25) is 0 Å². The van der Waals surface area contributed by atoms with Gasteiger partial charge in [-0.05, 0) is 37.7 Å². The van der Waals surface area contributed by atoms with Crippen molar-refractivity contribution in [3.8, 4) is 11.5 Å². The van der Waals surface area contributed by atoms with E-state index in [9.17, 15) is 15.0 Å². The van der Waals surface area contributed by atoms with Crippen LogP contribution in [0.2, 0.25) is 0 Å². The van der Waals surface area contributed by atoms with E-state index in [-0.39, 0.29) is 41.7 Å². The van der Waals surface area contributed by atoms with Crippen LogP contribution in [0.3, 0.4) is 0 Å². The number of likely N-dealkylation sites (tertiary alicyclic amines) is 1. The van der Waals surface area contributed by atoms with Gasteiger partial charge in [0, 0.05) is 41.8 Å². The summed E-state index contributed by atoms with van der Waals surface area (Å²) in [5.74, 6) is 0.0250. The zero-order valence-corrected chi connectivity index (χ0v) is 15.9. The fourth-order valence-electron chi connectivity index (χ4n) is 5.71. The van der Waals surface area contributed by atoms with Crippen molar-refractivity contribution >= 4 is 5.78 Å². The maximum atomic E-state index is 12.8. The number of benzene rings is 1. The van der Waals surface area contributed by atoms with Crippen LogP contribution < -0.4 is 0 Å². The number of Topliss-reactive ketones (excluding diaryl/α,β-unsaturated/α-hetero) is 1. The van der Waals surface area contributed by atoms with Crippen LogP contribution in [0.15, 0.2) is 42.7 Å². The summed E-state index contributed by atoms with van der Waals surface area (Å²) < 4.78 is 7.42. The molecule has 0 radical (unpaired) electrons. The van der Waals surface area contributed by atoms with Crippen molar-refractivity contribution in [2.24, 2.45) is 5.92 Å². The Kier molecular flexibility index (Phi) is 3.61. The lowest BCUT2D eigenvalue weighted by Gasteiger charge is -2.59. The predicted molar refractivity (Wildman–Crippen MR) is 101 cm³/mol. The van der Waals surface area contributed by atoms with Crippen molar-refractivity contribution in [1.82, 2.24) is 14.5 Å². The van der Waals surface area contributed by atoms with E-state index in [0.29, 0.717) is 11.3 Å². The lowest BCUT2D eigenvalue weighted by Crippen LogP contribution is -2.62. The molecule has 2 aromatic rings. The number of ether oxygens (including phenoxy) is 1. The molecule has 7 nitrogen and oxygen atoms in total. The lowest BCUT2D eigenvalue weighted by atomic mass is 9.52. The van der Waals surface area contributed by atoms with Gasteiger partial charge in [-0.1, -0.05) is 6.07 Å². The number of fused-ring (bicyclic) bond motifs is 1. The highest BCUT2D eigenvalue weighted by Gasteiger charge is 2.59. The summed E-state index contributed by atoms with van der Waals surface area (Å²) in [5.41, 5.74) is 1.08. The van der Waals surface area contributed by atoms with Crippen molar-refractivity contribution in [1.29, 1.82) is 0 Å². The molecule has 2 bridgehead atoms. The Hall–Kier alpha value is -2.80. The Balaban J connectivity index is 1.85. The lowest BCUT2D eigenvalue weighted by molar-refractivity contribution is -0.123. The first-order valence-corrected chi connectivity index (χ1v) is 9.50. The van der Waals surface area contributed by atoms with Gasteiger partial charge in [0.25, 0.3) is 0 Å². The molecule has 7 heteroatoms. The topological polar surface area (TPSA) is 87.8 Å². The molecular weight excluding hydrogens is 358 g/mol. The summed E-state index contributed by atoms with van der Waals surface area (Å²) in [4.78, 5) is 19.4. The molecule has 0 saturated carbocycles. The molecule has 4 atom stereocenters. The normalized spacial score (nSPS) is 31.7. The molecule has 1 aromatic heterocycles. The number of aromatic hydroxyl groups is 2. The zero-order chi connectivity index (χ0) is 19.6. The van der Waals surface area contributed by atoms with Crippen molar-refractivity contribution in [2.45, 2.75) is 30.3 Å². The van der Waals surface area contributed by atoms with Gasteiger partial charge in [-0.25, -0.2) is 4.98 Å². The highest BCUT2D eigenvalue weighted by Crippen LogP contribution is 2.60. The van der Waals surface area contributed by atoms with Gasteiger partial charge in [-0.15, -0.1) is 0 Å². The Bertz CT molecular complexity index is 984. The van der Waals surface area contributed by atoms with Gasteiger partial charge >= 0.3 is 0 Å². The number of hydrogen-bond acceptors (Lipinski definition) is 6. The summed E-state index contributed by atoms with van der Waals surface area (Å²) in [6.45, 7) is 0.796. The molecule has 2 N–H and O–H groups in total. The number of aromatic nitrogens is 2. The fourth-order valence-corrected chi connectivity index (χ4v) is 5.71. The van der Waals surface area contributed by atoms with E-state index < -0.39 is 5.41 Å². The number of allylic oxidation sites excluding steroid dienone is 1. The molecule has 2 aliphatic carbocycles. The molecular formula is C21H23N3O4. The fraction of sp³-hybridized carbons (Fsp3) is 0.429.